The molecule has 0 spiro atoms. The molecule has 2 aromatic carbocycles. The van der Waals surface area contributed by atoms with Crippen molar-refractivity contribution in [2.24, 2.45) is 7.05 Å². The fourth-order valence-corrected chi connectivity index (χ4v) is 4.27. The number of hydrogen-bond acceptors (Lipinski definition) is 4. The number of rotatable bonds is 8. The van der Waals surface area contributed by atoms with E-state index in [1.165, 1.54) is 0 Å². The lowest BCUT2D eigenvalue weighted by Crippen LogP contribution is -2.22. The van der Waals surface area contributed by atoms with E-state index in [1.807, 2.05) is 98.6 Å². The van der Waals surface area contributed by atoms with Crippen LogP contribution in [-0.2, 0) is 7.05 Å². The van der Waals surface area contributed by atoms with Crippen molar-refractivity contribution in [3.63, 3.8) is 0 Å². The molecule has 4 rings (SSSR count). The van der Waals surface area contributed by atoms with Gasteiger partial charge in [0.15, 0.2) is 18.1 Å². The molecule has 0 atom stereocenters. The van der Waals surface area contributed by atoms with E-state index in [4.69, 9.17) is 9.47 Å². The zero-order valence-corrected chi connectivity index (χ0v) is 20.2. The van der Waals surface area contributed by atoms with Gasteiger partial charge in [0.1, 0.15) is 5.69 Å². The topological polar surface area (TPSA) is 67.4 Å². The van der Waals surface area contributed by atoms with Crippen molar-refractivity contribution in [2.75, 3.05) is 13.2 Å². The van der Waals surface area contributed by atoms with Crippen LogP contribution in [0.25, 0.3) is 11.4 Å². The molecule has 7 nitrogen and oxygen atoms in total. The number of carbonyl (C=O) groups excluding carboxylic acids is 1. The van der Waals surface area contributed by atoms with Crippen molar-refractivity contribution in [1.82, 2.24) is 13.9 Å². The van der Waals surface area contributed by atoms with E-state index in [1.54, 1.807) is 10.7 Å². The molecule has 176 valence electrons. The largest absolute Gasteiger partial charge is 0.490 e. The normalized spacial score (nSPS) is 11.0. The van der Waals surface area contributed by atoms with Crippen LogP contribution in [0.4, 0.5) is 0 Å². The fourth-order valence-electron chi connectivity index (χ4n) is 4.27. The average molecular weight is 460 g/mol. The second-order valence-corrected chi connectivity index (χ2v) is 8.12. The van der Waals surface area contributed by atoms with Crippen LogP contribution < -0.4 is 15.0 Å². The zero-order chi connectivity index (χ0) is 24.4. The fraction of sp³-hybridized carbons (Fsp3) is 0.259. The minimum absolute atomic E-state index is 0.129. The smallest absolute Gasteiger partial charge is 0.295 e. The molecule has 7 heteroatoms. The van der Waals surface area contributed by atoms with E-state index < -0.39 is 0 Å². The van der Waals surface area contributed by atoms with E-state index in [2.05, 4.69) is 0 Å². The maximum Gasteiger partial charge on any atom is 0.295 e. The van der Waals surface area contributed by atoms with Crippen molar-refractivity contribution in [3.05, 3.63) is 93.7 Å². The van der Waals surface area contributed by atoms with E-state index in [-0.39, 0.29) is 17.9 Å². The number of nitrogens with zero attached hydrogens (tertiary/aromatic N) is 3. The maximum absolute atomic E-state index is 13.5. The number of aromatic nitrogens is 3. The predicted octanol–water partition coefficient (Wildman–Crippen LogP) is 4.55. The van der Waals surface area contributed by atoms with Crippen molar-refractivity contribution in [1.29, 1.82) is 0 Å². The molecule has 0 aliphatic rings. The molecule has 0 unspecified atom stereocenters. The van der Waals surface area contributed by atoms with Gasteiger partial charge in [0.05, 0.1) is 18.0 Å². The standard InChI is InChI=1S/C27H29N3O4/c1-6-33-24-14-10-11-15-25(24)34-17-23(31)22-16-18(2)29(19(22)3)26-20(4)28(5)30(27(26)32)21-12-8-7-9-13-21/h7-16H,6,17H2,1-5H3. The molecule has 0 aliphatic carbocycles. The quantitative estimate of drug-likeness (QED) is 0.363. The maximum atomic E-state index is 13.5. The number of benzene rings is 2. The molecule has 0 aliphatic heterocycles. The van der Waals surface area contributed by atoms with Gasteiger partial charge in [-0.15, -0.1) is 0 Å². The number of ether oxygens (including phenoxy) is 2. The van der Waals surface area contributed by atoms with Gasteiger partial charge in [-0.1, -0.05) is 30.3 Å². The van der Waals surface area contributed by atoms with Crippen molar-refractivity contribution in [2.45, 2.75) is 27.7 Å². The highest BCUT2D eigenvalue weighted by Crippen LogP contribution is 2.27. The Morgan fingerprint density at radius 3 is 2.15 bits per heavy atom. The molecular formula is C27H29N3O4. The Bertz CT molecular complexity index is 1390. The molecule has 2 aromatic heterocycles. The van der Waals surface area contributed by atoms with E-state index in [0.717, 1.165) is 17.1 Å². The van der Waals surface area contributed by atoms with E-state index in [9.17, 15) is 9.59 Å². The first kappa shape index (κ1) is 23.2. The minimum atomic E-state index is -0.164. The number of para-hydroxylation sites is 3. The van der Waals surface area contributed by atoms with Crippen LogP contribution in [-0.4, -0.2) is 32.9 Å². The van der Waals surface area contributed by atoms with Gasteiger partial charge in [0, 0.05) is 24.0 Å². The molecule has 0 bridgehead atoms. The van der Waals surface area contributed by atoms with Crippen LogP contribution in [0.5, 0.6) is 11.5 Å². The van der Waals surface area contributed by atoms with Gasteiger partial charge >= 0.3 is 0 Å². The van der Waals surface area contributed by atoms with Gasteiger partial charge in [-0.2, -0.15) is 0 Å². The first-order chi connectivity index (χ1) is 16.3. The molecule has 0 saturated heterocycles. The van der Waals surface area contributed by atoms with Crippen LogP contribution >= 0.6 is 0 Å². The number of aryl methyl sites for hydroxylation is 1. The van der Waals surface area contributed by atoms with E-state index in [0.29, 0.717) is 35.1 Å². The van der Waals surface area contributed by atoms with Crippen molar-refractivity contribution < 1.29 is 14.3 Å². The van der Waals surface area contributed by atoms with Crippen LogP contribution in [0.1, 0.15) is 34.4 Å². The molecule has 0 fully saturated rings. The first-order valence-corrected chi connectivity index (χ1v) is 11.3. The highest BCUT2D eigenvalue weighted by atomic mass is 16.5. The van der Waals surface area contributed by atoms with Gasteiger partial charge in [-0.25, -0.2) is 4.68 Å². The molecule has 0 saturated carbocycles. The third kappa shape index (κ3) is 4.05. The second kappa shape index (κ2) is 9.47. The zero-order valence-electron chi connectivity index (χ0n) is 20.2. The summed E-state index contributed by atoms with van der Waals surface area (Å²) < 4.78 is 16.7. The lowest BCUT2D eigenvalue weighted by Gasteiger charge is -2.11. The van der Waals surface area contributed by atoms with Gasteiger partial charge in [-0.05, 0) is 58.0 Å². The Kier molecular flexibility index (Phi) is 6.45. The summed E-state index contributed by atoms with van der Waals surface area (Å²) in [5, 5.41) is 0. The molecule has 0 amide bonds. The monoisotopic (exact) mass is 459 g/mol. The van der Waals surface area contributed by atoms with Crippen molar-refractivity contribution in [3.8, 4) is 22.9 Å². The van der Waals surface area contributed by atoms with Gasteiger partial charge < -0.3 is 14.0 Å². The van der Waals surface area contributed by atoms with Crippen molar-refractivity contribution >= 4 is 5.78 Å². The lowest BCUT2D eigenvalue weighted by atomic mass is 10.1. The predicted molar refractivity (Wildman–Crippen MR) is 132 cm³/mol. The first-order valence-electron chi connectivity index (χ1n) is 11.3. The Morgan fingerprint density at radius 2 is 1.50 bits per heavy atom. The summed E-state index contributed by atoms with van der Waals surface area (Å²) in [5.41, 5.74) is 4.01. The van der Waals surface area contributed by atoms with Crippen LogP contribution in [0.3, 0.4) is 0 Å². The molecule has 0 radical (unpaired) electrons. The number of hydrogen-bond donors (Lipinski definition) is 0. The van der Waals surface area contributed by atoms with Crippen LogP contribution in [0.2, 0.25) is 0 Å². The highest BCUT2D eigenvalue weighted by molar-refractivity contribution is 5.98. The molecule has 0 N–H and O–H groups in total. The summed E-state index contributed by atoms with van der Waals surface area (Å²) >= 11 is 0. The lowest BCUT2D eigenvalue weighted by molar-refractivity contribution is 0.0918. The van der Waals surface area contributed by atoms with Crippen LogP contribution in [0.15, 0.2) is 65.5 Å². The molecular weight excluding hydrogens is 430 g/mol. The van der Waals surface area contributed by atoms with E-state index >= 15 is 0 Å². The van der Waals surface area contributed by atoms with Gasteiger partial charge in [0.2, 0.25) is 5.78 Å². The Labute approximate surface area is 198 Å². The van der Waals surface area contributed by atoms with Gasteiger partial charge in [-0.3, -0.25) is 14.3 Å². The summed E-state index contributed by atoms with van der Waals surface area (Å²) in [6.45, 7) is 7.93. The minimum Gasteiger partial charge on any atom is -0.490 e. The Balaban J connectivity index is 1.68. The summed E-state index contributed by atoms with van der Waals surface area (Å²) in [4.78, 5) is 26.6. The van der Waals surface area contributed by atoms with Crippen LogP contribution in [0, 0.1) is 20.8 Å². The average Bonchev–Trinajstić information content (AvgIpc) is 3.24. The number of Topliss-reactive ketones (excluding diaryl/α,β-unsaturated/α-hetero) is 1. The highest BCUT2D eigenvalue weighted by Gasteiger charge is 2.24. The number of carbonyl (C=O) groups is 1. The molecule has 4 aromatic rings. The van der Waals surface area contributed by atoms with Gasteiger partial charge in [0.25, 0.3) is 5.56 Å². The summed E-state index contributed by atoms with van der Waals surface area (Å²) in [6.07, 6.45) is 0. The summed E-state index contributed by atoms with van der Waals surface area (Å²) in [7, 11) is 1.86. The molecule has 34 heavy (non-hydrogen) atoms. The second-order valence-electron chi connectivity index (χ2n) is 8.12. The number of ketones is 1. The SMILES string of the molecule is CCOc1ccccc1OCC(=O)c1cc(C)n(-c2c(C)n(C)n(-c3ccccc3)c2=O)c1C. The molecule has 2 heterocycles. The Hall–Kier alpha value is -4.00. The Morgan fingerprint density at radius 1 is 0.882 bits per heavy atom. The summed E-state index contributed by atoms with van der Waals surface area (Å²) in [5.74, 6) is 0.962. The summed E-state index contributed by atoms with van der Waals surface area (Å²) in [6, 6.07) is 18.6. The third-order valence-corrected chi connectivity index (χ3v) is 5.99. The third-order valence-electron chi connectivity index (χ3n) is 5.99.